The van der Waals surface area contributed by atoms with E-state index in [0.717, 1.165) is 24.2 Å². The van der Waals surface area contributed by atoms with Crippen LogP contribution < -0.4 is 10.5 Å². The number of fused-ring (bicyclic) bond motifs is 2. The Kier molecular flexibility index (Phi) is 6.01. The monoisotopic (exact) mass is 484 g/mol. The van der Waals surface area contributed by atoms with Crippen LogP contribution in [0.4, 0.5) is 5.69 Å². The molecule has 0 heterocycles. The van der Waals surface area contributed by atoms with E-state index in [4.69, 9.17) is 15.2 Å². The van der Waals surface area contributed by atoms with Crippen molar-refractivity contribution < 1.29 is 28.7 Å². The summed E-state index contributed by atoms with van der Waals surface area (Å²) in [6.07, 6.45) is 1.79. The number of hydrogen-bond acceptors (Lipinski definition) is 7. The minimum Gasteiger partial charge on any atom is -0.497 e. The van der Waals surface area contributed by atoms with E-state index in [1.54, 1.807) is 36.3 Å². The number of nitrogens with two attached hydrogens (primary N) is 1. The number of nitrogen functional groups attached to an aromatic ring is 1. The molecule has 0 saturated heterocycles. The van der Waals surface area contributed by atoms with E-state index >= 15 is 0 Å². The maximum absolute atomic E-state index is 13.0. The Morgan fingerprint density at radius 2 is 1.58 bits per heavy atom. The lowest BCUT2D eigenvalue weighted by atomic mass is 9.82. The molecule has 2 aliphatic carbocycles. The average Bonchev–Trinajstić information content (AvgIpc) is 3.74. The van der Waals surface area contributed by atoms with Crippen LogP contribution in [-0.4, -0.2) is 48.1 Å². The van der Waals surface area contributed by atoms with Gasteiger partial charge in [0, 0.05) is 29.3 Å². The van der Waals surface area contributed by atoms with E-state index in [2.05, 4.69) is 0 Å². The molecule has 36 heavy (non-hydrogen) atoms. The highest BCUT2D eigenvalue weighted by molar-refractivity contribution is 6.30. The molecule has 0 atom stereocenters. The Hall–Kier alpha value is -4.46. The topological polar surface area (TPSA) is 116 Å². The van der Waals surface area contributed by atoms with E-state index in [1.165, 1.54) is 12.1 Å². The zero-order chi connectivity index (χ0) is 25.4. The van der Waals surface area contributed by atoms with Crippen LogP contribution in [0.3, 0.4) is 0 Å². The second kappa shape index (κ2) is 9.30. The fraction of sp³-hybridized carbons (Fsp3) is 0.214. The first-order valence-corrected chi connectivity index (χ1v) is 11.6. The van der Waals surface area contributed by atoms with Crippen LogP contribution in [0.1, 0.15) is 60.6 Å². The predicted octanol–water partition coefficient (Wildman–Crippen LogP) is 3.40. The van der Waals surface area contributed by atoms with Gasteiger partial charge in [-0.15, -0.1) is 0 Å². The molecule has 0 bridgehead atoms. The Balaban J connectivity index is 1.31. The standard InChI is InChI=1S/C28H24N2O6/c1-35-18-10-6-16(7-11-18)14-30(17-8-9-17)23(31)15-36-28(34)22-13-12-21-24(25(22)29)27(33)20-5-3-2-4-19(20)26(21)32/h2-7,10-13,17H,8-9,14-15,29H2,1H3. The van der Waals surface area contributed by atoms with Crippen LogP contribution in [0, 0.1) is 0 Å². The Bertz CT molecular complexity index is 1390. The summed E-state index contributed by atoms with van der Waals surface area (Å²) in [4.78, 5) is 53.4. The molecular weight excluding hydrogens is 460 g/mol. The van der Waals surface area contributed by atoms with Crippen molar-refractivity contribution in [2.75, 3.05) is 19.5 Å². The van der Waals surface area contributed by atoms with Gasteiger partial charge in [0.15, 0.2) is 18.2 Å². The second-order valence-corrected chi connectivity index (χ2v) is 8.83. The third-order valence-electron chi connectivity index (χ3n) is 6.50. The van der Waals surface area contributed by atoms with Crippen molar-refractivity contribution in [1.29, 1.82) is 0 Å². The summed E-state index contributed by atoms with van der Waals surface area (Å²) in [6, 6.07) is 16.8. The van der Waals surface area contributed by atoms with Crippen molar-refractivity contribution in [2.24, 2.45) is 0 Å². The van der Waals surface area contributed by atoms with Gasteiger partial charge in [-0.05, 0) is 42.7 Å². The van der Waals surface area contributed by atoms with Crippen LogP contribution in [0.15, 0.2) is 60.7 Å². The van der Waals surface area contributed by atoms with E-state index in [-0.39, 0.29) is 45.7 Å². The molecule has 0 aliphatic heterocycles. The van der Waals surface area contributed by atoms with Gasteiger partial charge in [0.25, 0.3) is 5.91 Å². The molecule has 182 valence electrons. The number of anilines is 1. The fourth-order valence-electron chi connectivity index (χ4n) is 4.41. The lowest BCUT2D eigenvalue weighted by molar-refractivity contribution is -0.135. The number of ether oxygens (including phenoxy) is 2. The number of ketones is 2. The van der Waals surface area contributed by atoms with Crippen LogP contribution in [0.25, 0.3) is 0 Å². The summed E-state index contributed by atoms with van der Waals surface area (Å²) in [5, 5.41) is 0. The molecule has 1 saturated carbocycles. The maximum Gasteiger partial charge on any atom is 0.340 e. The number of benzene rings is 3. The van der Waals surface area contributed by atoms with Gasteiger partial charge in [0.05, 0.1) is 23.9 Å². The number of methoxy groups -OCH3 is 1. The van der Waals surface area contributed by atoms with E-state index in [9.17, 15) is 19.2 Å². The largest absolute Gasteiger partial charge is 0.497 e. The van der Waals surface area contributed by atoms with E-state index < -0.39 is 18.4 Å². The van der Waals surface area contributed by atoms with Gasteiger partial charge in [-0.25, -0.2) is 4.79 Å². The number of carbonyl (C=O) groups is 4. The lowest BCUT2D eigenvalue weighted by Gasteiger charge is -2.23. The second-order valence-electron chi connectivity index (χ2n) is 8.83. The van der Waals surface area contributed by atoms with Crippen molar-refractivity contribution in [3.8, 4) is 5.75 Å². The Labute approximate surface area is 207 Å². The molecule has 3 aromatic carbocycles. The quantitative estimate of drug-likeness (QED) is 0.316. The first-order chi connectivity index (χ1) is 17.4. The van der Waals surface area contributed by atoms with Crippen molar-refractivity contribution >= 4 is 29.1 Å². The maximum atomic E-state index is 13.0. The van der Waals surface area contributed by atoms with Gasteiger partial charge in [-0.2, -0.15) is 0 Å². The molecule has 2 aliphatic rings. The molecule has 0 radical (unpaired) electrons. The molecule has 5 rings (SSSR count). The summed E-state index contributed by atoms with van der Waals surface area (Å²) < 4.78 is 10.5. The molecular formula is C28H24N2O6. The minimum absolute atomic E-state index is 0.0152. The van der Waals surface area contributed by atoms with Gasteiger partial charge in [0.2, 0.25) is 0 Å². The molecule has 2 N–H and O–H groups in total. The van der Waals surface area contributed by atoms with Gasteiger partial charge in [0.1, 0.15) is 5.75 Å². The highest BCUT2D eigenvalue weighted by atomic mass is 16.5. The summed E-state index contributed by atoms with van der Waals surface area (Å²) in [7, 11) is 1.59. The summed E-state index contributed by atoms with van der Waals surface area (Å²) >= 11 is 0. The fourth-order valence-corrected chi connectivity index (χ4v) is 4.41. The van der Waals surface area contributed by atoms with Gasteiger partial charge in [-0.3, -0.25) is 14.4 Å². The highest BCUT2D eigenvalue weighted by Crippen LogP contribution is 2.33. The van der Waals surface area contributed by atoms with Gasteiger partial charge >= 0.3 is 5.97 Å². The summed E-state index contributed by atoms with van der Waals surface area (Å²) in [6.45, 7) is -0.0697. The predicted molar refractivity (Wildman–Crippen MR) is 131 cm³/mol. The average molecular weight is 485 g/mol. The summed E-state index contributed by atoms with van der Waals surface area (Å²) in [5.41, 5.74) is 7.59. The minimum atomic E-state index is -0.831. The van der Waals surface area contributed by atoms with E-state index in [0.29, 0.717) is 12.1 Å². The number of nitrogens with zero attached hydrogens (tertiary/aromatic N) is 1. The SMILES string of the molecule is COc1ccc(CN(C(=O)COC(=O)c2ccc3c(c2N)C(=O)c2ccccc2C3=O)C2CC2)cc1. The van der Waals surface area contributed by atoms with Crippen LogP contribution in [-0.2, 0) is 16.1 Å². The number of esters is 1. The first kappa shape index (κ1) is 23.3. The van der Waals surface area contributed by atoms with E-state index in [1.807, 2.05) is 24.3 Å². The van der Waals surface area contributed by atoms with Crippen molar-refractivity contribution in [2.45, 2.75) is 25.4 Å². The number of hydrogen-bond donors (Lipinski definition) is 1. The van der Waals surface area contributed by atoms with Crippen LogP contribution >= 0.6 is 0 Å². The van der Waals surface area contributed by atoms with Crippen molar-refractivity contribution in [3.63, 3.8) is 0 Å². The van der Waals surface area contributed by atoms with Crippen LogP contribution in [0.5, 0.6) is 5.75 Å². The molecule has 0 aromatic heterocycles. The first-order valence-electron chi connectivity index (χ1n) is 11.6. The van der Waals surface area contributed by atoms with Gasteiger partial charge < -0.3 is 20.1 Å². The zero-order valence-electron chi connectivity index (χ0n) is 19.7. The number of rotatable bonds is 7. The summed E-state index contributed by atoms with van der Waals surface area (Å²) in [5.74, 6) is -1.19. The van der Waals surface area contributed by atoms with Gasteiger partial charge in [-0.1, -0.05) is 36.4 Å². The smallest absolute Gasteiger partial charge is 0.340 e. The number of carbonyl (C=O) groups excluding carboxylic acids is 4. The highest BCUT2D eigenvalue weighted by Gasteiger charge is 2.35. The third kappa shape index (κ3) is 4.22. The molecule has 0 unspecified atom stereocenters. The molecule has 3 aromatic rings. The molecule has 8 nitrogen and oxygen atoms in total. The molecule has 0 spiro atoms. The third-order valence-corrected chi connectivity index (χ3v) is 6.50. The normalized spacial score (nSPS) is 14.0. The molecule has 8 heteroatoms. The van der Waals surface area contributed by atoms with Crippen LogP contribution in [0.2, 0.25) is 0 Å². The zero-order valence-corrected chi connectivity index (χ0v) is 19.7. The lowest BCUT2D eigenvalue weighted by Crippen LogP contribution is -2.36. The number of amides is 1. The van der Waals surface area contributed by atoms with Crippen molar-refractivity contribution in [1.82, 2.24) is 4.90 Å². The Morgan fingerprint density at radius 3 is 2.22 bits per heavy atom. The van der Waals surface area contributed by atoms with Crippen molar-refractivity contribution in [3.05, 3.63) is 94.0 Å². The molecule has 1 amide bonds. The molecule has 1 fully saturated rings. The Morgan fingerprint density at radius 1 is 0.917 bits per heavy atom.